The third-order valence-electron chi connectivity index (χ3n) is 4.03. The van der Waals surface area contributed by atoms with Crippen molar-refractivity contribution in [1.82, 2.24) is 5.32 Å². The molecule has 0 bridgehead atoms. The molecular weight excluding hydrogens is 265 g/mol. The molecule has 3 rings (SSSR count). The summed E-state index contributed by atoms with van der Waals surface area (Å²) < 4.78 is 11.6. The Morgan fingerprint density at radius 2 is 2.14 bits per heavy atom. The molecule has 0 atom stereocenters. The maximum absolute atomic E-state index is 12.2. The van der Waals surface area contributed by atoms with Gasteiger partial charge in [-0.15, -0.1) is 0 Å². The molecule has 0 aromatic heterocycles. The topological polar surface area (TPSA) is 47.6 Å². The Bertz CT molecular complexity index is 608. The maximum Gasteiger partial charge on any atom is 0.563 e. The Labute approximate surface area is 125 Å². The molecule has 0 radical (unpaired) electrons. The van der Waals surface area contributed by atoms with Crippen LogP contribution in [0.5, 0.6) is 0 Å². The fraction of sp³-hybridized carbons (Fsp3) is 0.438. The summed E-state index contributed by atoms with van der Waals surface area (Å²) in [6, 6.07) is 5.97. The Kier molecular flexibility index (Phi) is 3.32. The number of rotatable bonds is 3. The first kappa shape index (κ1) is 14.2. The molecule has 1 aromatic rings. The third-order valence-corrected chi connectivity index (χ3v) is 4.03. The van der Waals surface area contributed by atoms with Gasteiger partial charge in [0.25, 0.3) is 5.91 Å². The lowest BCUT2D eigenvalue weighted by molar-refractivity contribution is 0.0951. The van der Waals surface area contributed by atoms with Gasteiger partial charge in [-0.05, 0) is 45.7 Å². The van der Waals surface area contributed by atoms with Crippen LogP contribution in [0.3, 0.4) is 0 Å². The van der Waals surface area contributed by atoms with Gasteiger partial charge in [-0.1, -0.05) is 18.2 Å². The summed E-state index contributed by atoms with van der Waals surface area (Å²) in [5.74, 6) is 0.578. The van der Waals surface area contributed by atoms with Crippen molar-refractivity contribution in [2.45, 2.75) is 45.3 Å². The quantitative estimate of drug-likeness (QED) is 0.863. The molecule has 1 heterocycles. The summed E-state index contributed by atoms with van der Waals surface area (Å²) in [6.45, 7) is 9.73. The van der Waals surface area contributed by atoms with Crippen LogP contribution in [0.15, 0.2) is 30.5 Å². The van der Waals surface area contributed by atoms with Crippen molar-refractivity contribution in [3.63, 3.8) is 0 Å². The first-order valence-electron chi connectivity index (χ1n) is 7.32. The minimum Gasteiger partial charge on any atom is -0.534 e. The third kappa shape index (κ3) is 2.83. The van der Waals surface area contributed by atoms with Crippen LogP contribution in [-0.4, -0.2) is 24.7 Å². The number of amides is 1. The van der Waals surface area contributed by atoms with E-state index in [4.69, 9.17) is 9.31 Å². The molecule has 110 valence electrons. The molecule has 1 aromatic carbocycles. The molecule has 1 N–H and O–H groups in total. The summed E-state index contributed by atoms with van der Waals surface area (Å²) in [4.78, 5) is 12.2. The Hall–Kier alpha value is -1.75. The number of nitrogens with one attached hydrogen (secondary N) is 1. The molecule has 2 fully saturated rings. The van der Waals surface area contributed by atoms with E-state index in [1.807, 2.05) is 39.0 Å². The predicted octanol–water partition coefficient (Wildman–Crippen LogP) is 1.92. The van der Waals surface area contributed by atoms with Gasteiger partial charge in [0.05, 0.1) is 5.76 Å². The molecule has 1 aliphatic heterocycles. The van der Waals surface area contributed by atoms with Gasteiger partial charge in [-0.2, -0.15) is 0 Å². The highest BCUT2D eigenvalue weighted by Crippen LogP contribution is 2.29. The second-order valence-electron chi connectivity index (χ2n) is 6.32. The monoisotopic (exact) mass is 285 g/mol. The van der Waals surface area contributed by atoms with E-state index in [1.165, 1.54) is 0 Å². The zero-order valence-corrected chi connectivity index (χ0v) is 12.7. The number of carbonyl (C=O) groups is 1. The summed E-state index contributed by atoms with van der Waals surface area (Å²) in [7, 11) is -0.499. The van der Waals surface area contributed by atoms with Crippen molar-refractivity contribution in [2.75, 3.05) is 0 Å². The summed E-state index contributed by atoms with van der Waals surface area (Å²) in [5, 5.41) is 2.99. The van der Waals surface area contributed by atoms with E-state index in [-0.39, 0.29) is 5.91 Å². The van der Waals surface area contributed by atoms with Gasteiger partial charge in [0.15, 0.2) is 0 Å². The average molecular weight is 285 g/mol. The van der Waals surface area contributed by atoms with Crippen LogP contribution in [0, 0.1) is 6.92 Å². The molecule has 1 saturated carbocycles. The van der Waals surface area contributed by atoms with Crippen LogP contribution in [0.25, 0.3) is 0 Å². The lowest BCUT2D eigenvalue weighted by Gasteiger charge is -2.16. The van der Waals surface area contributed by atoms with Gasteiger partial charge >= 0.3 is 7.12 Å². The van der Waals surface area contributed by atoms with Gasteiger partial charge in [-0.3, -0.25) is 4.79 Å². The van der Waals surface area contributed by atoms with E-state index >= 15 is 0 Å². The van der Waals surface area contributed by atoms with Crippen molar-refractivity contribution in [2.24, 2.45) is 0 Å². The number of carbonyl (C=O) groups excluding carboxylic acids is 1. The minimum absolute atomic E-state index is 0.0326. The molecule has 4 nitrogen and oxygen atoms in total. The van der Waals surface area contributed by atoms with Crippen molar-refractivity contribution in [1.29, 1.82) is 0 Å². The van der Waals surface area contributed by atoms with E-state index in [2.05, 4.69) is 11.9 Å². The van der Waals surface area contributed by atoms with E-state index in [0.29, 0.717) is 17.4 Å². The molecule has 2 aliphatic rings. The van der Waals surface area contributed by atoms with Crippen LogP contribution in [0.2, 0.25) is 0 Å². The highest BCUT2D eigenvalue weighted by Gasteiger charge is 2.43. The van der Waals surface area contributed by atoms with Crippen LogP contribution < -0.4 is 10.8 Å². The normalized spacial score (nSPS) is 20.3. The zero-order valence-electron chi connectivity index (χ0n) is 12.7. The number of hydrogen-bond donors (Lipinski definition) is 1. The SMILES string of the molecule is C=C1OB(c2cc(C(=O)NC3CC3)ccc2C)OC1(C)C. The van der Waals surface area contributed by atoms with Gasteiger partial charge in [-0.25, -0.2) is 0 Å². The fourth-order valence-electron chi connectivity index (χ4n) is 2.29. The molecule has 5 heteroatoms. The van der Waals surface area contributed by atoms with Crippen LogP contribution >= 0.6 is 0 Å². The van der Waals surface area contributed by atoms with Crippen molar-refractivity contribution in [3.05, 3.63) is 41.7 Å². The first-order chi connectivity index (χ1) is 9.87. The Morgan fingerprint density at radius 3 is 2.71 bits per heavy atom. The van der Waals surface area contributed by atoms with Gasteiger partial charge in [0.2, 0.25) is 0 Å². The van der Waals surface area contributed by atoms with Crippen molar-refractivity contribution < 1.29 is 14.1 Å². The molecule has 1 saturated heterocycles. The first-order valence-corrected chi connectivity index (χ1v) is 7.32. The zero-order chi connectivity index (χ0) is 15.2. The molecule has 0 unspecified atom stereocenters. The molecular formula is C16H20BNO3. The highest BCUT2D eigenvalue weighted by molar-refractivity contribution is 6.63. The van der Waals surface area contributed by atoms with Gasteiger partial charge in [0.1, 0.15) is 5.60 Å². The summed E-state index contributed by atoms with van der Waals surface area (Å²) >= 11 is 0. The van der Waals surface area contributed by atoms with Crippen LogP contribution in [0.4, 0.5) is 0 Å². The van der Waals surface area contributed by atoms with Crippen molar-refractivity contribution in [3.8, 4) is 0 Å². The molecule has 1 amide bonds. The second kappa shape index (κ2) is 4.91. The lowest BCUT2D eigenvalue weighted by atomic mass is 9.75. The van der Waals surface area contributed by atoms with Crippen LogP contribution in [-0.2, 0) is 9.31 Å². The largest absolute Gasteiger partial charge is 0.563 e. The van der Waals surface area contributed by atoms with Crippen LogP contribution in [0.1, 0.15) is 42.6 Å². The van der Waals surface area contributed by atoms with E-state index < -0.39 is 12.7 Å². The Morgan fingerprint density at radius 1 is 1.43 bits per heavy atom. The molecule has 1 aliphatic carbocycles. The summed E-state index contributed by atoms with van der Waals surface area (Å²) in [6.07, 6.45) is 2.15. The standard InChI is InChI=1S/C16H20BNO3/c1-10-5-6-12(15(19)18-13-7-8-13)9-14(10)17-20-11(2)16(3,4)21-17/h5-6,9,13H,2,7-8H2,1,3-4H3,(H,18,19). The summed E-state index contributed by atoms with van der Waals surface area (Å²) in [5.41, 5.74) is 2.05. The minimum atomic E-state index is -0.511. The Balaban J connectivity index is 1.84. The lowest BCUT2D eigenvalue weighted by Crippen LogP contribution is -2.37. The number of aryl methyl sites for hydroxylation is 1. The average Bonchev–Trinajstić information content (AvgIpc) is 3.17. The van der Waals surface area contributed by atoms with Gasteiger partial charge in [0, 0.05) is 17.1 Å². The maximum atomic E-state index is 12.2. The smallest absolute Gasteiger partial charge is 0.534 e. The second-order valence-corrected chi connectivity index (χ2v) is 6.32. The molecule has 21 heavy (non-hydrogen) atoms. The number of hydrogen-bond acceptors (Lipinski definition) is 3. The highest BCUT2D eigenvalue weighted by atomic mass is 16.7. The predicted molar refractivity (Wildman–Crippen MR) is 82.4 cm³/mol. The van der Waals surface area contributed by atoms with E-state index in [1.54, 1.807) is 0 Å². The number of benzene rings is 1. The molecule has 0 spiro atoms. The van der Waals surface area contributed by atoms with Crippen molar-refractivity contribution >= 4 is 18.5 Å². The fourth-order valence-corrected chi connectivity index (χ4v) is 2.29. The van der Waals surface area contributed by atoms with E-state index in [9.17, 15) is 4.79 Å². The van der Waals surface area contributed by atoms with Gasteiger partial charge < -0.3 is 14.6 Å². The van der Waals surface area contributed by atoms with E-state index in [0.717, 1.165) is 23.9 Å².